The summed E-state index contributed by atoms with van der Waals surface area (Å²) in [5.74, 6) is -1.39. The summed E-state index contributed by atoms with van der Waals surface area (Å²) >= 11 is 0. The molecular weight excluding hydrogens is 244 g/mol. The van der Waals surface area contributed by atoms with Crippen molar-refractivity contribution in [2.75, 3.05) is 0 Å². The largest absolute Gasteiger partial charge is 0.481 e. The lowest BCUT2D eigenvalue weighted by Crippen LogP contribution is -2.32. The van der Waals surface area contributed by atoms with Gasteiger partial charge in [0.2, 0.25) is 0 Å². The third kappa shape index (κ3) is 7.85. The minimum absolute atomic E-state index is 0.174. The molecule has 19 heavy (non-hydrogen) atoms. The molecule has 0 amide bonds. The number of carboxylic acids is 2. The fourth-order valence-electron chi connectivity index (χ4n) is 2.84. The summed E-state index contributed by atoms with van der Waals surface area (Å²) in [6.07, 6.45) is 3.90. The van der Waals surface area contributed by atoms with Gasteiger partial charge in [-0.2, -0.15) is 0 Å². The van der Waals surface area contributed by atoms with Gasteiger partial charge in [0.25, 0.3) is 0 Å². The van der Waals surface area contributed by atoms with E-state index in [0.29, 0.717) is 18.8 Å². The van der Waals surface area contributed by atoms with Crippen molar-refractivity contribution in [1.29, 1.82) is 0 Å². The molecule has 0 radical (unpaired) electrons. The molecule has 0 aromatic heterocycles. The van der Waals surface area contributed by atoms with Gasteiger partial charge >= 0.3 is 11.9 Å². The van der Waals surface area contributed by atoms with Gasteiger partial charge < -0.3 is 10.2 Å². The molecule has 0 heterocycles. The van der Waals surface area contributed by atoms with Crippen LogP contribution in [0.3, 0.4) is 0 Å². The molecule has 4 nitrogen and oxygen atoms in total. The second-order valence-electron chi connectivity index (χ2n) is 6.47. The van der Waals surface area contributed by atoms with Gasteiger partial charge in [-0.1, -0.05) is 40.5 Å². The summed E-state index contributed by atoms with van der Waals surface area (Å²) in [6.45, 7) is 8.24. The highest BCUT2D eigenvalue weighted by Gasteiger charge is 2.34. The maximum absolute atomic E-state index is 11.4. The Morgan fingerprint density at radius 1 is 1.05 bits per heavy atom. The Hall–Kier alpha value is -1.06. The first kappa shape index (κ1) is 17.9. The van der Waals surface area contributed by atoms with Crippen LogP contribution < -0.4 is 0 Å². The van der Waals surface area contributed by atoms with Crippen molar-refractivity contribution in [2.24, 2.45) is 17.3 Å². The lowest BCUT2D eigenvalue weighted by molar-refractivity contribution is -0.147. The minimum Gasteiger partial charge on any atom is -0.481 e. The lowest BCUT2D eigenvalue weighted by Gasteiger charge is -2.33. The summed E-state index contributed by atoms with van der Waals surface area (Å²) in [4.78, 5) is 21.8. The first-order valence-corrected chi connectivity index (χ1v) is 7.11. The number of hydrogen-bond acceptors (Lipinski definition) is 2. The summed E-state index contributed by atoms with van der Waals surface area (Å²) in [5.41, 5.74) is -0.215. The average molecular weight is 272 g/mol. The van der Waals surface area contributed by atoms with E-state index in [1.54, 1.807) is 0 Å². The molecule has 0 aromatic rings. The average Bonchev–Trinajstić information content (AvgIpc) is 2.19. The SMILES string of the molecule is CC(C)CC(C)(C)C(CCCCCC(=O)O)C(=O)O. The predicted octanol–water partition coefficient (Wildman–Crippen LogP) is 3.79. The molecule has 0 bridgehead atoms. The monoisotopic (exact) mass is 272 g/mol. The fourth-order valence-corrected chi connectivity index (χ4v) is 2.84. The van der Waals surface area contributed by atoms with Gasteiger partial charge in [0.15, 0.2) is 0 Å². The second-order valence-corrected chi connectivity index (χ2v) is 6.47. The first-order chi connectivity index (χ1) is 8.66. The normalized spacial score (nSPS) is 13.5. The Bertz CT molecular complexity index is 295. The van der Waals surface area contributed by atoms with E-state index in [0.717, 1.165) is 19.3 Å². The molecule has 0 rings (SSSR count). The van der Waals surface area contributed by atoms with E-state index in [4.69, 9.17) is 5.11 Å². The zero-order chi connectivity index (χ0) is 15.1. The van der Waals surface area contributed by atoms with Crippen LogP contribution in [0.25, 0.3) is 0 Å². The number of hydrogen-bond donors (Lipinski definition) is 2. The zero-order valence-corrected chi connectivity index (χ0v) is 12.6. The minimum atomic E-state index is -0.782. The molecule has 2 N–H and O–H groups in total. The molecule has 0 saturated heterocycles. The third-order valence-electron chi connectivity index (χ3n) is 3.56. The standard InChI is InChI=1S/C15H28O4/c1-11(2)10-15(3,4)12(14(18)19)8-6-5-7-9-13(16)17/h11-12H,5-10H2,1-4H3,(H,16,17)(H,18,19). The van der Waals surface area contributed by atoms with Gasteiger partial charge in [0.1, 0.15) is 0 Å². The molecule has 0 aliphatic rings. The Morgan fingerprint density at radius 2 is 1.63 bits per heavy atom. The molecule has 0 saturated carbocycles. The molecule has 4 heteroatoms. The van der Waals surface area contributed by atoms with E-state index < -0.39 is 11.9 Å². The van der Waals surface area contributed by atoms with Crippen LogP contribution in [0.5, 0.6) is 0 Å². The zero-order valence-electron chi connectivity index (χ0n) is 12.6. The van der Waals surface area contributed by atoms with Crippen molar-refractivity contribution in [3.8, 4) is 0 Å². The van der Waals surface area contributed by atoms with E-state index in [1.165, 1.54) is 0 Å². The molecule has 0 fully saturated rings. The van der Waals surface area contributed by atoms with Crippen molar-refractivity contribution in [1.82, 2.24) is 0 Å². The van der Waals surface area contributed by atoms with Gasteiger partial charge in [0.05, 0.1) is 5.92 Å². The van der Waals surface area contributed by atoms with Gasteiger partial charge in [0, 0.05) is 6.42 Å². The van der Waals surface area contributed by atoms with Crippen LogP contribution in [0.2, 0.25) is 0 Å². The lowest BCUT2D eigenvalue weighted by atomic mass is 9.71. The van der Waals surface area contributed by atoms with Crippen LogP contribution in [0.1, 0.15) is 66.2 Å². The maximum atomic E-state index is 11.4. The van der Waals surface area contributed by atoms with Crippen molar-refractivity contribution < 1.29 is 19.8 Å². The van der Waals surface area contributed by atoms with Crippen molar-refractivity contribution >= 4 is 11.9 Å². The van der Waals surface area contributed by atoms with E-state index in [1.807, 2.05) is 13.8 Å². The van der Waals surface area contributed by atoms with Crippen LogP contribution in [0, 0.1) is 17.3 Å². The van der Waals surface area contributed by atoms with Crippen LogP contribution in [-0.2, 0) is 9.59 Å². The maximum Gasteiger partial charge on any atom is 0.307 e. The van der Waals surface area contributed by atoms with Crippen molar-refractivity contribution in [3.63, 3.8) is 0 Å². The molecule has 0 aromatic carbocycles. The van der Waals surface area contributed by atoms with Crippen LogP contribution in [0.4, 0.5) is 0 Å². The molecule has 1 atom stereocenters. The Morgan fingerprint density at radius 3 is 2.05 bits per heavy atom. The van der Waals surface area contributed by atoms with E-state index in [9.17, 15) is 14.7 Å². The molecule has 0 aliphatic heterocycles. The second kappa shape index (κ2) is 8.18. The Kier molecular flexibility index (Phi) is 7.72. The quantitative estimate of drug-likeness (QED) is 0.593. The van der Waals surface area contributed by atoms with Crippen LogP contribution >= 0.6 is 0 Å². The van der Waals surface area contributed by atoms with Crippen molar-refractivity contribution in [2.45, 2.75) is 66.2 Å². The first-order valence-electron chi connectivity index (χ1n) is 7.11. The van der Waals surface area contributed by atoms with E-state index in [2.05, 4.69) is 13.8 Å². The summed E-state index contributed by atoms with van der Waals surface area (Å²) in [7, 11) is 0. The Labute approximate surface area is 116 Å². The molecule has 0 spiro atoms. The number of unbranched alkanes of at least 4 members (excludes halogenated alkanes) is 2. The van der Waals surface area contributed by atoms with Gasteiger partial charge in [-0.25, -0.2) is 0 Å². The highest BCUT2D eigenvalue weighted by atomic mass is 16.4. The molecule has 112 valence electrons. The van der Waals surface area contributed by atoms with Crippen LogP contribution in [0.15, 0.2) is 0 Å². The fraction of sp³-hybridized carbons (Fsp3) is 0.867. The predicted molar refractivity (Wildman–Crippen MR) is 75.1 cm³/mol. The Balaban J connectivity index is 4.26. The number of carbonyl (C=O) groups is 2. The van der Waals surface area contributed by atoms with E-state index in [-0.39, 0.29) is 17.8 Å². The number of aliphatic carboxylic acids is 2. The van der Waals surface area contributed by atoms with Crippen molar-refractivity contribution in [3.05, 3.63) is 0 Å². The molecule has 1 unspecified atom stereocenters. The van der Waals surface area contributed by atoms with Gasteiger partial charge in [-0.3, -0.25) is 9.59 Å². The van der Waals surface area contributed by atoms with Gasteiger partial charge in [-0.05, 0) is 30.6 Å². The van der Waals surface area contributed by atoms with E-state index >= 15 is 0 Å². The van der Waals surface area contributed by atoms with Gasteiger partial charge in [-0.15, -0.1) is 0 Å². The highest BCUT2D eigenvalue weighted by molar-refractivity contribution is 5.71. The number of carboxylic acid groups (broad SMARTS) is 2. The molecular formula is C15H28O4. The summed E-state index contributed by atoms with van der Waals surface area (Å²) < 4.78 is 0. The van der Waals surface area contributed by atoms with Crippen LogP contribution in [-0.4, -0.2) is 22.2 Å². The topological polar surface area (TPSA) is 74.6 Å². The molecule has 0 aliphatic carbocycles. The third-order valence-corrected chi connectivity index (χ3v) is 3.56. The highest BCUT2D eigenvalue weighted by Crippen LogP contribution is 2.37. The summed E-state index contributed by atoms with van der Waals surface area (Å²) in [5, 5.41) is 17.9. The number of rotatable bonds is 10. The summed E-state index contributed by atoms with van der Waals surface area (Å²) in [6, 6.07) is 0. The smallest absolute Gasteiger partial charge is 0.307 e.